The zero-order valence-electron chi connectivity index (χ0n) is 13.9. The Bertz CT molecular complexity index is 668. The van der Waals surface area contributed by atoms with Crippen molar-refractivity contribution in [2.75, 3.05) is 18.4 Å². The van der Waals surface area contributed by atoms with Crippen molar-refractivity contribution in [3.63, 3.8) is 0 Å². The fraction of sp³-hybridized carbons (Fsp3) is 0.562. The van der Waals surface area contributed by atoms with Crippen LogP contribution in [0.25, 0.3) is 0 Å². The summed E-state index contributed by atoms with van der Waals surface area (Å²) in [6.45, 7) is 6.58. The van der Waals surface area contributed by atoms with E-state index in [0.717, 1.165) is 0 Å². The molecular weight excluding hydrogens is 314 g/mol. The summed E-state index contributed by atoms with van der Waals surface area (Å²) in [7, 11) is -3.54. The van der Waals surface area contributed by atoms with Crippen LogP contribution in [0.15, 0.2) is 29.2 Å². The van der Waals surface area contributed by atoms with Crippen LogP contribution in [0.3, 0.4) is 0 Å². The number of nitrogens with one attached hydrogen (secondary N) is 1. The van der Waals surface area contributed by atoms with Crippen molar-refractivity contribution < 1.29 is 13.2 Å². The summed E-state index contributed by atoms with van der Waals surface area (Å²) >= 11 is 0. The number of anilines is 1. The quantitative estimate of drug-likeness (QED) is 0.874. The Labute approximate surface area is 138 Å². The van der Waals surface area contributed by atoms with Crippen LogP contribution in [0, 0.1) is 5.41 Å². The first-order chi connectivity index (χ1) is 10.7. The normalized spacial score (nSPS) is 21.8. The van der Waals surface area contributed by atoms with Gasteiger partial charge >= 0.3 is 0 Å². The fourth-order valence-corrected chi connectivity index (χ4v) is 4.27. The average Bonchev–Trinajstić information content (AvgIpc) is 2.50. The van der Waals surface area contributed by atoms with Crippen molar-refractivity contribution in [2.24, 2.45) is 11.1 Å². The van der Waals surface area contributed by atoms with Crippen LogP contribution in [0.4, 0.5) is 5.69 Å². The Morgan fingerprint density at radius 2 is 1.96 bits per heavy atom. The van der Waals surface area contributed by atoms with Crippen molar-refractivity contribution in [2.45, 2.75) is 44.6 Å². The number of carbonyl (C=O) groups is 1. The van der Waals surface area contributed by atoms with Gasteiger partial charge in [-0.25, -0.2) is 8.42 Å². The Hall–Kier alpha value is -1.44. The van der Waals surface area contributed by atoms with Crippen LogP contribution in [0.2, 0.25) is 0 Å². The molecule has 1 aromatic rings. The molecule has 1 amide bonds. The Kier molecular flexibility index (Phi) is 5.13. The number of benzene rings is 1. The van der Waals surface area contributed by atoms with E-state index in [4.69, 9.17) is 5.73 Å². The molecule has 0 radical (unpaired) electrons. The number of hydrogen-bond acceptors (Lipinski definition) is 4. The lowest BCUT2D eigenvalue weighted by molar-refractivity contribution is -0.115. The van der Waals surface area contributed by atoms with Gasteiger partial charge in [-0.05, 0) is 36.1 Å². The van der Waals surface area contributed by atoms with Gasteiger partial charge in [0.2, 0.25) is 15.9 Å². The molecular formula is C16H25N3O3S. The molecule has 128 valence electrons. The average molecular weight is 339 g/mol. The van der Waals surface area contributed by atoms with Crippen molar-refractivity contribution >= 4 is 21.6 Å². The molecule has 1 heterocycles. The number of rotatable bonds is 4. The summed E-state index contributed by atoms with van der Waals surface area (Å²) in [6.07, 6.45) is 1.03. The maximum absolute atomic E-state index is 12.8. The number of hydrogen-bond donors (Lipinski definition) is 2. The van der Waals surface area contributed by atoms with Crippen LogP contribution in [0.5, 0.6) is 0 Å². The number of nitrogens with two attached hydrogens (primary N) is 1. The van der Waals surface area contributed by atoms with Gasteiger partial charge in [-0.1, -0.05) is 20.8 Å². The van der Waals surface area contributed by atoms with Crippen LogP contribution in [-0.4, -0.2) is 37.8 Å². The van der Waals surface area contributed by atoms with E-state index in [2.05, 4.69) is 5.32 Å². The van der Waals surface area contributed by atoms with Crippen LogP contribution >= 0.6 is 0 Å². The molecule has 1 unspecified atom stereocenters. The van der Waals surface area contributed by atoms with Crippen LogP contribution < -0.4 is 11.1 Å². The summed E-state index contributed by atoms with van der Waals surface area (Å²) in [6, 6.07) is 6.29. The van der Waals surface area contributed by atoms with Gasteiger partial charge < -0.3 is 11.1 Å². The van der Waals surface area contributed by atoms with E-state index in [-0.39, 0.29) is 22.3 Å². The number of amides is 1. The third-order valence-corrected chi connectivity index (χ3v) is 6.23. The largest absolute Gasteiger partial charge is 0.327 e. The van der Waals surface area contributed by atoms with Gasteiger partial charge in [-0.3, -0.25) is 4.79 Å². The highest BCUT2D eigenvalue weighted by atomic mass is 32.2. The predicted molar refractivity (Wildman–Crippen MR) is 90.5 cm³/mol. The monoisotopic (exact) mass is 339 g/mol. The van der Waals surface area contributed by atoms with Crippen molar-refractivity contribution in [1.29, 1.82) is 0 Å². The summed E-state index contributed by atoms with van der Waals surface area (Å²) in [5, 5.41) is 2.70. The van der Waals surface area contributed by atoms with Crippen LogP contribution in [-0.2, 0) is 14.8 Å². The number of piperidine rings is 1. The molecule has 0 saturated carbocycles. The summed E-state index contributed by atoms with van der Waals surface area (Å²) < 4.78 is 27.0. The van der Waals surface area contributed by atoms with E-state index in [9.17, 15) is 13.2 Å². The minimum absolute atomic E-state index is 0.000539. The first kappa shape index (κ1) is 17.9. The molecule has 1 aliphatic heterocycles. The highest BCUT2D eigenvalue weighted by Crippen LogP contribution is 2.31. The van der Waals surface area contributed by atoms with Gasteiger partial charge in [0.25, 0.3) is 0 Å². The third-order valence-electron chi connectivity index (χ3n) is 4.37. The first-order valence-electron chi connectivity index (χ1n) is 7.82. The van der Waals surface area contributed by atoms with Gasteiger partial charge in [-0.15, -0.1) is 0 Å². The zero-order valence-corrected chi connectivity index (χ0v) is 14.7. The SMILES string of the molecule is CCC(=O)Nc1ccc(S(=O)(=O)N2CCC(N)C(C)(C)C2)cc1. The van der Waals surface area contributed by atoms with Crippen molar-refractivity contribution in [3.05, 3.63) is 24.3 Å². The molecule has 0 spiro atoms. The standard InChI is InChI=1S/C16H25N3O3S/c1-4-15(20)18-12-5-7-13(8-6-12)23(21,22)19-10-9-14(17)16(2,3)11-19/h5-8,14H,4,9-11,17H2,1-3H3,(H,18,20). The van der Waals surface area contributed by atoms with E-state index in [1.807, 2.05) is 13.8 Å². The lowest BCUT2D eigenvalue weighted by Gasteiger charge is -2.41. The minimum atomic E-state index is -3.54. The van der Waals surface area contributed by atoms with Crippen molar-refractivity contribution in [3.8, 4) is 0 Å². The molecule has 1 atom stereocenters. The molecule has 7 heteroatoms. The molecule has 1 saturated heterocycles. The Morgan fingerprint density at radius 3 is 2.48 bits per heavy atom. The third kappa shape index (κ3) is 3.91. The highest BCUT2D eigenvalue weighted by Gasteiger charge is 2.38. The molecule has 0 aromatic heterocycles. The summed E-state index contributed by atoms with van der Waals surface area (Å²) in [5.74, 6) is -0.104. The molecule has 3 N–H and O–H groups in total. The minimum Gasteiger partial charge on any atom is -0.327 e. The highest BCUT2D eigenvalue weighted by molar-refractivity contribution is 7.89. The van der Waals surface area contributed by atoms with E-state index < -0.39 is 10.0 Å². The lowest BCUT2D eigenvalue weighted by Crippen LogP contribution is -2.53. The Balaban J connectivity index is 2.18. The summed E-state index contributed by atoms with van der Waals surface area (Å²) in [5.41, 5.74) is 6.42. The first-order valence-corrected chi connectivity index (χ1v) is 9.26. The second-order valence-electron chi connectivity index (χ2n) is 6.65. The molecule has 1 aliphatic rings. The topological polar surface area (TPSA) is 92.5 Å². The molecule has 6 nitrogen and oxygen atoms in total. The van der Waals surface area contributed by atoms with Gasteiger partial charge in [0.15, 0.2) is 0 Å². The van der Waals surface area contributed by atoms with E-state index in [0.29, 0.717) is 31.6 Å². The zero-order chi connectivity index (χ0) is 17.3. The van der Waals surface area contributed by atoms with Gasteiger partial charge in [-0.2, -0.15) is 4.31 Å². The fourth-order valence-electron chi connectivity index (χ4n) is 2.64. The van der Waals surface area contributed by atoms with E-state index >= 15 is 0 Å². The molecule has 2 rings (SSSR count). The van der Waals surface area contributed by atoms with Gasteiger partial charge in [0, 0.05) is 31.2 Å². The molecule has 0 bridgehead atoms. The second kappa shape index (κ2) is 6.59. The van der Waals surface area contributed by atoms with Gasteiger partial charge in [0.05, 0.1) is 4.90 Å². The molecule has 23 heavy (non-hydrogen) atoms. The van der Waals surface area contributed by atoms with Gasteiger partial charge in [0.1, 0.15) is 0 Å². The molecule has 1 fully saturated rings. The van der Waals surface area contributed by atoms with Crippen LogP contribution in [0.1, 0.15) is 33.6 Å². The smallest absolute Gasteiger partial charge is 0.243 e. The number of carbonyl (C=O) groups excluding carboxylic acids is 1. The predicted octanol–water partition coefficient (Wildman–Crippen LogP) is 1.78. The van der Waals surface area contributed by atoms with E-state index in [1.165, 1.54) is 16.4 Å². The number of nitrogens with zero attached hydrogens (tertiary/aromatic N) is 1. The lowest BCUT2D eigenvalue weighted by atomic mass is 9.81. The van der Waals surface area contributed by atoms with E-state index in [1.54, 1.807) is 19.1 Å². The number of sulfonamides is 1. The molecule has 0 aliphatic carbocycles. The maximum Gasteiger partial charge on any atom is 0.243 e. The Morgan fingerprint density at radius 1 is 1.35 bits per heavy atom. The maximum atomic E-state index is 12.8. The second-order valence-corrected chi connectivity index (χ2v) is 8.59. The van der Waals surface area contributed by atoms with Crippen molar-refractivity contribution in [1.82, 2.24) is 4.31 Å². The summed E-state index contributed by atoms with van der Waals surface area (Å²) in [4.78, 5) is 11.6. The molecule has 1 aromatic carbocycles.